The molecule has 7 nitrogen and oxygen atoms in total. The third-order valence-corrected chi connectivity index (χ3v) is 6.18. The van der Waals surface area contributed by atoms with Gasteiger partial charge in [0.05, 0.1) is 6.20 Å². The van der Waals surface area contributed by atoms with Crippen molar-refractivity contribution in [2.45, 2.75) is 44.6 Å². The van der Waals surface area contributed by atoms with Gasteiger partial charge in [0.25, 0.3) is 5.91 Å². The van der Waals surface area contributed by atoms with E-state index < -0.39 is 0 Å². The molecule has 25 heavy (non-hydrogen) atoms. The summed E-state index contributed by atoms with van der Waals surface area (Å²) in [6, 6.07) is 0. The highest BCUT2D eigenvalue weighted by Crippen LogP contribution is 2.55. The Hall–Kier alpha value is -2.31. The summed E-state index contributed by atoms with van der Waals surface area (Å²) < 4.78 is 2.23. The first-order chi connectivity index (χ1) is 12.3. The molecule has 1 spiro atoms. The third-order valence-electron chi connectivity index (χ3n) is 6.18. The van der Waals surface area contributed by atoms with Crippen molar-refractivity contribution >= 4 is 5.91 Å². The van der Waals surface area contributed by atoms with Gasteiger partial charge in [-0.25, -0.2) is 4.98 Å². The molecule has 2 aromatic rings. The van der Waals surface area contributed by atoms with Crippen LogP contribution in [0, 0.1) is 11.3 Å². The SMILES string of the molecule is O=C(c1cnccn1)N1CC(c2nncn2CC2CC2)C2(CCC2)C1. The van der Waals surface area contributed by atoms with E-state index in [0.717, 1.165) is 37.7 Å². The standard InChI is InChI=1S/C18H22N6O/c25-17(15-8-19-6-7-20-15)23-10-14(18(11-23)4-1-5-18)16-22-21-12-24(16)9-13-2-3-13/h6-8,12-14H,1-5,9-11H2. The van der Waals surface area contributed by atoms with Crippen LogP contribution >= 0.6 is 0 Å². The molecule has 1 unspecified atom stereocenters. The monoisotopic (exact) mass is 338 g/mol. The average molecular weight is 338 g/mol. The number of hydrogen-bond donors (Lipinski definition) is 0. The lowest BCUT2D eigenvalue weighted by Gasteiger charge is -2.42. The van der Waals surface area contributed by atoms with Crippen LogP contribution in [0.15, 0.2) is 24.9 Å². The van der Waals surface area contributed by atoms with Gasteiger partial charge in [-0.2, -0.15) is 0 Å². The van der Waals surface area contributed by atoms with Gasteiger partial charge < -0.3 is 9.47 Å². The first-order valence-corrected chi connectivity index (χ1v) is 9.18. The maximum atomic E-state index is 12.8. The molecule has 130 valence electrons. The summed E-state index contributed by atoms with van der Waals surface area (Å²) in [4.78, 5) is 23.0. The Morgan fingerprint density at radius 1 is 1.28 bits per heavy atom. The topological polar surface area (TPSA) is 76.8 Å². The fourth-order valence-electron chi connectivity index (χ4n) is 4.44. The minimum atomic E-state index is -0.0184. The minimum absolute atomic E-state index is 0.0184. The number of amides is 1. The Bertz CT molecular complexity index is 780. The molecule has 0 bridgehead atoms. The molecule has 3 heterocycles. The Labute approximate surface area is 146 Å². The lowest BCUT2D eigenvalue weighted by Crippen LogP contribution is -2.38. The molecule has 2 aliphatic carbocycles. The average Bonchev–Trinajstić information content (AvgIpc) is 3.15. The van der Waals surface area contributed by atoms with Gasteiger partial charge in [0.1, 0.15) is 17.8 Å². The number of nitrogens with zero attached hydrogens (tertiary/aromatic N) is 6. The first kappa shape index (κ1) is 15.0. The van der Waals surface area contributed by atoms with Crippen molar-refractivity contribution in [2.24, 2.45) is 11.3 Å². The Kier molecular flexibility index (Phi) is 3.36. The molecule has 3 fully saturated rings. The van der Waals surface area contributed by atoms with Gasteiger partial charge in [-0.3, -0.25) is 9.78 Å². The van der Waals surface area contributed by atoms with E-state index in [0.29, 0.717) is 12.2 Å². The Balaban J connectivity index is 1.42. The summed E-state index contributed by atoms with van der Waals surface area (Å²) in [6.07, 6.45) is 12.8. The molecule has 5 rings (SSSR count). The highest BCUT2D eigenvalue weighted by atomic mass is 16.2. The fourth-order valence-corrected chi connectivity index (χ4v) is 4.44. The fraction of sp³-hybridized carbons (Fsp3) is 0.611. The van der Waals surface area contributed by atoms with Crippen LogP contribution in [-0.4, -0.2) is 48.6 Å². The van der Waals surface area contributed by atoms with Crippen molar-refractivity contribution in [1.82, 2.24) is 29.6 Å². The van der Waals surface area contributed by atoms with Gasteiger partial charge in [-0.05, 0) is 37.0 Å². The van der Waals surface area contributed by atoms with Gasteiger partial charge in [0.2, 0.25) is 0 Å². The molecule has 2 saturated carbocycles. The molecular formula is C18H22N6O. The molecule has 1 atom stereocenters. The molecule has 0 aromatic carbocycles. The van der Waals surface area contributed by atoms with Crippen LogP contribution in [0.5, 0.6) is 0 Å². The van der Waals surface area contributed by atoms with E-state index in [2.05, 4.69) is 24.7 Å². The molecular weight excluding hydrogens is 316 g/mol. The van der Waals surface area contributed by atoms with Crippen molar-refractivity contribution in [3.05, 3.63) is 36.4 Å². The van der Waals surface area contributed by atoms with E-state index in [4.69, 9.17) is 0 Å². The second kappa shape index (κ2) is 5.61. The number of hydrogen-bond acceptors (Lipinski definition) is 5. The predicted octanol–water partition coefficient (Wildman–Crippen LogP) is 1.89. The minimum Gasteiger partial charge on any atom is -0.336 e. The largest absolute Gasteiger partial charge is 0.336 e. The highest BCUT2D eigenvalue weighted by Gasteiger charge is 2.53. The number of carbonyl (C=O) groups excluding carboxylic acids is 1. The zero-order valence-electron chi connectivity index (χ0n) is 14.2. The molecule has 7 heteroatoms. The van der Waals surface area contributed by atoms with Crippen LogP contribution in [-0.2, 0) is 6.54 Å². The van der Waals surface area contributed by atoms with E-state index in [9.17, 15) is 4.79 Å². The summed E-state index contributed by atoms with van der Waals surface area (Å²) in [5.74, 6) is 2.12. The zero-order chi connectivity index (χ0) is 16.9. The summed E-state index contributed by atoms with van der Waals surface area (Å²) in [5.41, 5.74) is 0.601. The first-order valence-electron chi connectivity index (χ1n) is 9.18. The van der Waals surface area contributed by atoms with Crippen molar-refractivity contribution in [3.63, 3.8) is 0 Å². The van der Waals surface area contributed by atoms with Gasteiger partial charge in [0, 0.05) is 37.9 Å². The Morgan fingerprint density at radius 2 is 2.16 bits per heavy atom. The Morgan fingerprint density at radius 3 is 2.84 bits per heavy atom. The molecule has 1 aliphatic heterocycles. The van der Waals surface area contributed by atoms with E-state index in [-0.39, 0.29) is 17.2 Å². The molecule has 1 amide bonds. The van der Waals surface area contributed by atoms with Gasteiger partial charge >= 0.3 is 0 Å². The number of aromatic nitrogens is 5. The number of carbonyl (C=O) groups is 1. The van der Waals surface area contributed by atoms with Crippen LogP contribution < -0.4 is 0 Å². The molecule has 0 radical (unpaired) electrons. The van der Waals surface area contributed by atoms with Crippen LogP contribution in [0.2, 0.25) is 0 Å². The summed E-state index contributed by atoms with van der Waals surface area (Å²) in [6.45, 7) is 2.52. The van der Waals surface area contributed by atoms with E-state index >= 15 is 0 Å². The quantitative estimate of drug-likeness (QED) is 0.851. The van der Waals surface area contributed by atoms with Crippen LogP contribution in [0.1, 0.15) is 54.3 Å². The van der Waals surface area contributed by atoms with Crippen LogP contribution in [0.4, 0.5) is 0 Å². The van der Waals surface area contributed by atoms with Gasteiger partial charge in [-0.1, -0.05) is 6.42 Å². The summed E-state index contributed by atoms with van der Waals surface area (Å²) in [7, 11) is 0. The van der Waals surface area contributed by atoms with Gasteiger partial charge in [-0.15, -0.1) is 10.2 Å². The maximum absolute atomic E-state index is 12.8. The van der Waals surface area contributed by atoms with E-state index in [1.165, 1.54) is 19.3 Å². The third kappa shape index (κ3) is 2.53. The second-order valence-electron chi connectivity index (χ2n) is 7.83. The summed E-state index contributed by atoms with van der Waals surface area (Å²) >= 11 is 0. The lowest BCUT2D eigenvalue weighted by molar-refractivity contribution is 0.0717. The van der Waals surface area contributed by atoms with Crippen molar-refractivity contribution in [3.8, 4) is 0 Å². The molecule has 3 aliphatic rings. The van der Waals surface area contributed by atoms with Crippen LogP contribution in [0.3, 0.4) is 0 Å². The van der Waals surface area contributed by atoms with Gasteiger partial charge in [0.15, 0.2) is 0 Å². The molecule has 0 N–H and O–H groups in total. The van der Waals surface area contributed by atoms with Crippen molar-refractivity contribution < 1.29 is 4.79 Å². The lowest BCUT2D eigenvalue weighted by atomic mass is 9.62. The normalized spacial score (nSPS) is 24.5. The summed E-state index contributed by atoms with van der Waals surface area (Å²) in [5, 5.41) is 8.66. The van der Waals surface area contributed by atoms with E-state index in [1.807, 2.05) is 11.2 Å². The highest BCUT2D eigenvalue weighted by molar-refractivity contribution is 5.92. The molecule has 2 aromatic heterocycles. The smallest absolute Gasteiger partial charge is 0.274 e. The maximum Gasteiger partial charge on any atom is 0.274 e. The van der Waals surface area contributed by atoms with Crippen molar-refractivity contribution in [1.29, 1.82) is 0 Å². The number of likely N-dealkylation sites (tertiary alicyclic amines) is 1. The van der Waals surface area contributed by atoms with Crippen molar-refractivity contribution in [2.75, 3.05) is 13.1 Å². The van der Waals surface area contributed by atoms with Crippen LogP contribution in [0.25, 0.3) is 0 Å². The molecule has 1 saturated heterocycles. The number of rotatable bonds is 4. The zero-order valence-corrected chi connectivity index (χ0v) is 14.2. The predicted molar refractivity (Wildman–Crippen MR) is 89.7 cm³/mol. The van der Waals surface area contributed by atoms with E-state index in [1.54, 1.807) is 18.6 Å². The second-order valence-corrected chi connectivity index (χ2v) is 7.83.